The van der Waals surface area contributed by atoms with E-state index in [1.165, 1.54) is 10.4 Å². The van der Waals surface area contributed by atoms with Gasteiger partial charge in [-0.3, -0.25) is 9.69 Å². The second-order valence-electron chi connectivity index (χ2n) is 10.7. The number of benzene rings is 1. The number of morpholine rings is 1. The normalized spacial score (nSPS) is 22.2. The molecule has 2 saturated heterocycles. The molecule has 35 heavy (non-hydrogen) atoms. The van der Waals surface area contributed by atoms with Crippen molar-refractivity contribution in [2.75, 3.05) is 33.2 Å². The van der Waals surface area contributed by atoms with Crippen molar-refractivity contribution in [3.8, 4) is 5.75 Å². The highest BCUT2D eigenvalue weighted by atomic mass is 32.1. The van der Waals surface area contributed by atoms with E-state index >= 15 is 0 Å². The van der Waals surface area contributed by atoms with Crippen molar-refractivity contribution in [3.63, 3.8) is 0 Å². The lowest BCUT2D eigenvalue weighted by atomic mass is 9.87. The van der Waals surface area contributed by atoms with Crippen LogP contribution < -0.4 is 10.1 Å². The van der Waals surface area contributed by atoms with Crippen LogP contribution in [0.3, 0.4) is 0 Å². The molecular weight excluding hydrogens is 458 g/mol. The van der Waals surface area contributed by atoms with Gasteiger partial charge < -0.3 is 19.7 Å². The summed E-state index contributed by atoms with van der Waals surface area (Å²) in [5.41, 5.74) is 0.519. The molecule has 1 aromatic carbocycles. The predicted octanol–water partition coefficient (Wildman–Crippen LogP) is 4.61. The zero-order valence-electron chi connectivity index (χ0n) is 21.3. The van der Waals surface area contributed by atoms with Crippen molar-refractivity contribution in [1.82, 2.24) is 15.1 Å². The van der Waals surface area contributed by atoms with Crippen molar-refractivity contribution < 1.29 is 14.3 Å². The van der Waals surface area contributed by atoms with E-state index in [1.807, 2.05) is 7.05 Å². The lowest BCUT2D eigenvalue weighted by molar-refractivity contribution is -0.203. The van der Waals surface area contributed by atoms with E-state index in [4.69, 9.17) is 9.47 Å². The Bertz CT molecular complexity index is 997. The summed E-state index contributed by atoms with van der Waals surface area (Å²) in [5.74, 6) is 1.19. The zero-order chi connectivity index (χ0) is 24.5. The second-order valence-corrected chi connectivity index (χ2v) is 11.7. The molecule has 1 unspecified atom stereocenters. The lowest BCUT2D eigenvalue weighted by Crippen LogP contribution is -2.64. The highest BCUT2D eigenvalue weighted by Crippen LogP contribution is 2.50. The second kappa shape index (κ2) is 10.2. The van der Waals surface area contributed by atoms with Gasteiger partial charge in [-0.25, -0.2) is 0 Å². The quantitative estimate of drug-likeness (QED) is 0.548. The maximum absolute atomic E-state index is 12.9. The maximum atomic E-state index is 12.9. The molecular formula is C28H39N3O3S. The first-order chi connectivity index (χ1) is 16.9. The number of para-hydroxylation sites is 1. The highest BCUT2D eigenvalue weighted by Gasteiger charge is 2.62. The molecule has 1 aliphatic carbocycles. The van der Waals surface area contributed by atoms with Gasteiger partial charge in [0.1, 0.15) is 17.5 Å². The summed E-state index contributed by atoms with van der Waals surface area (Å²) >= 11 is 1.76. The van der Waals surface area contributed by atoms with Crippen LogP contribution >= 0.6 is 11.3 Å². The Balaban J connectivity index is 1.24. The number of likely N-dealkylation sites (tertiary alicyclic amines) is 1. The summed E-state index contributed by atoms with van der Waals surface area (Å²) in [6.07, 6.45) is 4.68. The van der Waals surface area contributed by atoms with Crippen molar-refractivity contribution in [1.29, 1.82) is 0 Å². The van der Waals surface area contributed by atoms with Gasteiger partial charge >= 0.3 is 0 Å². The van der Waals surface area contributed by atoms with Gasteiger partial charge in [-0.05, 0) is 70.6 Å². The average molecular weight is 498 g/mol. The SMILES string of the molecule is CNCCC(Oc1ccccc1CN1CCC2(CC1)CN(C(C)C)C(=O)C1(CC1)O2)c1cccs1. The molecule has 0 bridgehead atoms. The molecule has 3 heterocycles. The molecule has 1 amide bonds. The third kappa shape index (κ3) is 5.29. The molecule has 1 saturated carbocycles. The van der Waals surface area contributed by atoms with Crippen molar-refractivity contribution in [2.24, 2.45) is 0 Å². The van der Waals surface area contributed by atoms with Crippen LogP contribution in [0.2, 0.25) is 0 Å². The van der Waals surface area contributed by atoms with Gasteiger partial charge in [0, 0.05) is 42.5 Å². The molecule has 1 aromatic heterocycles. The largest absolute Gasteiger partial charge is 0.485 e. The van der Waals surface area contributed by atoms with E-state index < -0.39 is 5.60 Å². The van der Waals surface area contributed by atoms with Gasteiger partial charge in [0.15, 0.2) is 0 Å². The average Bonchev–Trinajstić information content (AvgIpc) is 3.40. The van der Waals surface area contributed by atoms with Gasteiger partial charge in [-0.2, -0.15) is 0 Å². The summed E-state index contributed by atoms with van der Waals surface area (Å²) in [4.78, 5) is 18.8. The minimum atomic E-state index is -0.519. The first-order valence-electron chi connectivity index (χ1n) is 13.1. The molecule has 190 valence electrons. The number of nitrogens with zero attached hydrogens (tertiary/aromatic N) is 2. The van der Waals surface area contributed by atoms with E-state index in [0.717, 1.165) is 70.6 Å². The van der Waals surface area contributed by atoms with Crippen LogP contribution in [0.1, 0.15) is 62.5 Å². The van der Waals surface area contributed by atoms with Gasteiger partial charge in [-0.1, -0.05) is 24.3 Å². The first kappa shape index (κ1) is 24.8. The smallest absolute Gasteiger partial charge is 0.255 e. The number of thiophene rings is 1. The molecule has 3 fully saturated rings. The fourth-order valence-electron chi connectivity index (χ4n) is 5.51. The Hall–Kier alpha value is -1.93. The number of hydrogen-bond acceptors (Lipinski definition) is 6. The van der Waals surface area contributed by atoms with Crippen molar-refractivity contribution in [3.05, 3.63) is 52.2 Å². The van der Waals surface area contributed by atoms with Gasteiger partial charge in [0.25, 0.3) is 5.91 Å². The molecule has 3 aliphatic rings. The molecule has 2 aliphatic heterocycles. The Kier molecular flexibility index (Phi) is 7.22. The minimum Gasteiger partial charge on any atom is -0.485 e. The topological polar surface area (TPSA) is 54.0 Å². The molecule has 2 aromatic rings. The number of piperidine rings is 1. The lowest BCUT2D eigenvalue weighted by Gasteiger charge is -2.51. The van der Waals surface area contributed by atoms with Gasteiger partial charge in [-0.15, -0.1) is 11.3 Å². The Labute approximate surface area is 213 Å². The number of amides is 1. The van der Waals surface area contributed by atoms with E-state index in [1.54, 1.807) is 11.3 Å². The van der Waals surface area contributed by atoms with Gasteiger partial charge in [0.2, 0.25) is 0 Å². The van der Waals surface area contributed by atoms with Crippen LogP contribution in [-0.2, 0) is 16.1 Å². The number of rotatable bonds is 9. The molecule has 6 nitrogen and oxygen atoms in total. The number of carbonyl (C=O) groups excluding carboxylic acids is 1. The monoisotopic (exact) mass is 497 g/mol. The first-order valence-corrected chi connectivity index (χ1v) is 14.0. The Morgan fingerprint density at radius 1 is 1.11 bits per heavy atom. The standard InChI is InChI=1S/C28H39N3O3S/c1-21(2)31-20-27(34-28(11-12-28)26(31)32)13-16-30(17-14-27)19-22-7-4-5-8-23(22)33-24(10-15-29-3)25-9-6-18-35-25/h4-9,18,21,24,29H,10-17,19-20H2,1-3H3. The fourth-order valence-corrected chi connectivity index (χ4v) is 6.30. The van der Waals surface area contributed by atoms with Crippen molar-refractivity contribution >= 4 is 17.2 Å². The number of nitrogens with one attached hydrogen (secondary N) is 1. The van der Waals surface area contributed by atoms with Crippen LogP contribution in [0.4, 0.5) is 0 Å². The van der Waals surface area contributed by atoms with E-state index in [9.17, 15) is 4.79 Å². The predicted molar refractivity (Wildman–Crippen MR) is 140 cm³/mol. The highest BCUT2D eigenvalue weighted by molar-refractivity contribution is 7.10. The Morgan fingerprint density at radius 3 is 2.54 bits per heavy atom. The zero-order valence-corrected chi connectivity index (χ0v) is 22.1. The third-order valence-corrected chi connectivity index (χ3v) is 8.73. The summed E-state index contributed by atoms with van der Waals surface area (Å²) in [7, 11) is 1.99. The fraction of sp³-hybridized carbons (Fsp3) is 0.607. The molecule has 2 spiro atoms. The number of ether oxygens (including phenoxy) is 2. The summed E-state index contributed by atoms with van der Waals surface area (Å²) < 4.78 is 13.2. The van der Waals surface area contributed by atoms with E-state index in [0.29, 0.717) is 0 Å². The van der Waals surface area contributed by atoms with Crippen molar-refractivity contribution in [2.45, 2.75) is 75.8 Å². The Morgan fingerprint density at radius 2 is 1.89 bits per heavy atom. The van der Waals surface area contributed by atoms with Crippen LogP contribution in [-0.4, -0.2) is 66.2 Å². The van der Waals surface area contributed by atoms with Crippen LogP contribution in [0.5, 0.6) is 5.75 Å². The van der Waals surface area contributed by atoms with Gasteiger partial charge in [0.05, 0.1) is 12.1 Å². The number of carbonyl (C=O) groups is 1. The van der Waals surface area contributed by atoms with E-state index in [-0.39, 0.29) is 23.7 Å². The minimum absolute atomic E-state index is 0.0538. The van der Waals surface area contributed by atoms with E-state index in [2.05, 4.69) is 70.7 Å². The maximum Gasteiger partial charge on any atom is 0.255 e. The summed E-state index contributed by atoms with van der Waals surface area (Å²) in [5, 5.41) is 5.38. The molecule has 7 heteroatoms. The molecule has 1 atom stereocenters. The van der Waals surface area contributed by atoms with Crippen LogP contribution in [0.25, 0.3) is 0 Å². The molecule has 1 N–H and O–H groups in total. The summed E-state index contributed by atoms with van der Waals surface area (Å²) in [6.45, 7) is 8.70. The molecule has 5 rings (SSSR count). The third-order valence-electron chi connectivity index (χ3n) is 7.77. The molecule has 0 radical (unpaired) electrons. The number of hydrogen-bond donors (Lipinski definition) is 1. The van der Waals surface area contributed by atoms with Crippen LogP contribution in [0.15, 0.2) is 41.8 Å². The van der Waals surface area contributed by atoms with Crippen LogP contribution in [0, 0.1) is 0 Å². The summed E-state index contributed by atoms with van der Waals surface area (Å²) in [6, 6.07) is 13.0.